The third-order valence-corrected chi connectivity index (χ3v) is 12.7. The van der Waals surface area contributed by atoms with Gasteiger partial charge in [-0.2, -0.15) is 0 Å². The Balaban J connectivity index is 1.12. The zero-order chi connectivity index (χ0) is 37.4. The van der Waals surface area contributed by atoms with Gasteiger partial charge in [-0.05, 0) is 64.7 Å². The Hall–Kier alpha value is -6.11. The highest BCUT2D eigenvalue weighted by Gasteiger charge is 2.18. The van der Waals surface area contributed by atoms with Crippen LogP contribution in [0, 0.1) is 0 Å². The van der Waals surface area contributed by atoms with Crippen molar-refractivity contribution in [3.8, 4) is 56.4 Å². The highest BCUT2D eigenvalue weighted by Crippen LogP contribution is 2.42. The van der Waals surface area contributed by atoms with E-state index in [1.54, 1.807) is 0 Å². The highest BCUT2D eigenvalue weighted by atomic mass is 32.1. The largest absolute Gasteiger partial charge is 0.456 e. The molecule has 0 amide bonds. The summed E-state index contributed by atoms with van der Waals surface area (Å²) in [4.78, 5) is 15.3. The van der Waals surface area contributed by atoms with Crippen molar-refractivity contribution in [1.29, 1.82) is 0 Å². The predicted molar refractivity (Wildman–Crippen MR) is 248 cm³/mol. The van der Waals surface area contributed by atoms with E-state index in [0.29, 0.717) is 17.5 Å². The second kappa shape index (κ2) is 13.0. The number of hydrogen-bond acceptors (Lipinski definition) is 5. The van der Waals surface area contributed by atoms with Gasteiger partial charge in [0.05, 0.1) is 0 Å². The van der Waals surface area contributed by atoms with Crippen LogP contribution < -0.4 is 27.3 Å². The van der Waals surface area contributed by atoms with Crippen LogP contribution in [0.25, 0.3) is 98.5 Å². The smallest absolute Gasteiger partial charge is 0.164 e. The first kappa shape index (κ1) is 33.5. The number of nitrogens with zero attached hydrogens (tertiary/aromatic N) is 3. The van der Waals surface area contributed by atoms with Gasteiger partial charge in [-0.3, -0.25) is 0 Å². The van der Waals surface area contributed by atoms with Crippen molar-refractivity contribution in [2.45, 2.75) is 0 Å². The van der Waals surface area contributed by atoms with E-state index < -0.39 is 0 Å². The molecule has 0 aliphatic rings. The van der Waals surface area contributed by atoms with E-state index in [9.17, 15) is 0 Å². The van der Waals surface area contributed by atoms with Crippen molar-refractivity contribution < 1.29 is 4.42 Å². The van der Waals surface area contributed by atoms with Crippen LogP contribution in [0.2, 0.25) is 0 Å². The molecule has 0 fully saturated rings. The molecule has 0 aliphatic heterocycles. The van der Waals surface area contributed by atoms with Crippen molar-refractivity contribution in [3.63, 3.8) is 0 Å². The van der Waals surface area contributed by atoms with E-state index >= 15 is 0 Å². The van der Waals surface area contributed by atoms with Crippen LogP contribution in [0.3, 0.4) is 0 Å². The molecule has 0 atom stereocenters. The summed E-state index contributed by atoms with van der Waals surface area (Å²) in [7, 11) is 11.1. The SMILES string of the molecule is Bc1c(B)c(B)c(-c2cccc(-c3nc(-c4ccccc4)nc(-c4ccc5oc6ccc(-c7cccc8c7sc7ccccc78)cc6c5c4)n3)c2)c(B)c1B. The van der Waals surface area contributed by atoms with Crippen LogP contribution in [-0.4, -0.2) is 54.2 Å². The molecule has 0 saturated carbocycles. The summed E-state index contributed by atoms with van der Waals surface area (Å²) in [5.74, 6) is 1.89. The van der Waals surface area contributed by atoms with Gasteiger partial charge < -0.3 is 4.42 Å². The summed E-state index contributed by atoms with van der Waals surface area (Å²) in [5, 5.41) is 4.68. The topological polar surface area (TPSA) is 51.8 Å². The second-order valence-electron chi connectivity index (χ2n) is 14.6. The number of benzene rings is 7. The van der Waals surface area contributed by atoms with Crippen molar-refractivity contribution in [3.05, 3.63) is 133 Å². The van der Waals surface area contributed by atoms with Crippen molar-refractivity contribution in [1.82, 2.24) is 15.0 Å². The van der Waals surface area contributed by atoms with Crippen LogP contribution in [-0.2, 0) is 0 Å². The van der Waals surface area contributed by atoms with Gasteiger partial charge in [-0.1, -0.05) is 102 Å². The van der Waals surface area contributed by atoms with E-state index in [1.165, 1.54) is 58.6 Å². The Kier molecular flexibility index (Phi) is 7.93. The normalized spacial score (nSPS) is 11.6. The van der Waals surface area contributed by atoms with Gasteiger partial charge in [0, 0.05) is 47.6 Å². The molecule has 254 valence electrons. The van der Waals surface area contributed by atoms with E-state index in [-0.39, 0.29) is 0 Å². The Bertz CT molecular complexity index is 3150. The summed E-state index contributed by atoms with van der Waals surface area (Å²) in [5.41, 5.74) is 15.9. The molecule has 3 aromatic heterocycles. The Morgan fingerprint density at radius 2 is 0.927 bits per heavy atom. The minimum atomic E-state index is 0.617. The summed E-state index contributed by atoms with van der Waals surface area (Å²) < 4.78 is 9.00. The van der Waals surface area contributed by atoms with Gasteiger partial charge >= 0.3 is 0 Å². The van der Waals surface area contributed by atoms with Crippen LogP contribution in [0.15, 0.2) is 138 Å². The first-order valence-electron chi connectivity index (χ1n) is 18.7. The lowest BCUT2D eigenvalue weighted by atomic mass is 9.59. The van der Waals surface area contributed by atoms with Crippen LogP contribution in [0.5, 0.6) is 0 Å². The quantitative estimate of drug-likeness (QED) is 0.255. The Morgan fingerprint density at radius 1 is 0.400 bits per heavy atom. The van der Waals surface area contributed by atoms with Crippen LogP contribution in [0.4, 0.5) is 0 Å². The molecule has 10 rings (SSSR count). The molecule has 10 aromatic rings. The average molecular weight is 717 g/mol. The number of furan rings is 1. The van der Waals surface area contributed by atoms with Gasteiger partial charge in [0.25, 0.3) is 0 Å². The molecule has 7 aromatic carbocycles. The fraction of sp³-hybridized carbons (Fsp3) is 0. The molecule has 0 bridgehead atoms. The van der Waals surface area contributed by atoms with Crippen LogP contribution >= 0.6 is 11.3 Å². The molecular weight excluding hydrogens is 685 g/mol. The number of aromatic nitrogens is 3. The third kappa shape index (κ3) is 5.54. The summed E-state index contributed by atoms with van der Waals surface area (Å²) >= 11 is 1.85. The maximum Gasteiger partial charge on any atom is 0.164 e. The molecule has 0 spiro atoms. The summed E-state index contributed by atoms with van der Waals surface area (Å²) in [6, 6.07) is 46.8. The molecule has 4 nitrogen and oxygen atoms in total. The molecular formula is C45H32B5N3OS. The zero-order valence-electron chi connectivity index (χ0n) is 31.4. The molecule has 0 N–H and O–H groups in total. The Labute approximate surface area is 327 Å². The van der Waals surface area contributed by atoms with Gasteiger partial charge in [0.2, 0.25) is 0 Å². The molecule has 0 unspecified atom stereocenters. The van der Waals surface area contributed by atoms with Gasteiger partial charge in [-0.25, -0.2) is 15.0 Å². The first-order chi connectivity index (χ1) is 26.8. The molecule has 0 aliphatic carbocycles. The van der Waals surface area contributed by atoms with E-state index in [0.717, 1.165) is 49.8 Å². The lowest BCUT2D eigenvalue weighted by molar-refractivity contribution is 0.669. The summed E-state index contributed by atoms with van der Waals surface area (Å²) in [6.07, 6.45) is 0. The van der Waals surface area contributed by atoms with E-state index in [2.05, 4.69) is 148 Å². The summed E-state index contributed by atoms with van der Waals surface area (Å²) in [6.45, 7) is 0. The van der Waals surface area contributed by atoms with Crippen molar-refractivity contribution >= 4 is 120 Å². The van der Waals surface area contributed by atoms with Crippen molar-refractivity contribution in [2.24, 2.45) is 0 Å². The minimum absolute atomic E-state index is 0.617. The molecule has 3 heterocycles. The fourth-order valence-corrected chi connectivity index (χ4v) is 9.39. The van der Waals surface area contributed by atoms with Gasteiger partial charge in [0.15, 0.2) is 17.5 Å². The average Bonchev–Trinajstić information content (AvgIpc) is 3.80. The predicted octanol–water partition coefficient (Wildman–Crippen LogP) is 3.77. The standard InChI is InChI=1S/C45H32B5N3OS/c46-37-36(38(47)40(49)41(50)39(37)48)25-10-6-11-26(20-25)44-51-43(23-8-2-1-3-9-23)52-45(53-44)27-17-19-34-32(22-27)31-21-24(16-18-33(31)54-34)28-13-7-14-30-29-12-4-5-15-35(29)55-42(28)30/h1-22H,46-50H2. The first-order valence-corrected chi connectivity index (χ1v) is 19.5. The molecule has 0 radical (unpaired) electrons. The number of fused-ring (bicyclic) bond motifs is 6. The van der Waals surface area contributed by atoms with Gasteiger partial charge in [0.1, 0.15) is 50.4 Å². The lowest BCUT2D eigenvalue weighted by Gasteiger charge is -2.20. The second-order valence-corrected chi connectivity index (χ2v) is 15.6. The van der Waals surface area contributed by atoms with Crippen molar-refractivity contribution in [2.75, 3.05) is 0 Å². The van der Waals surface area contributed by atoms with Crippen LogP contribution in [0.1, 0.15) is 0 Å². The van der Waals surface area contributed by atoms with E-state index in [4.69, 9.17) is 19.4 Å². The number of rotatable bonds is 5. The molecule has 0 saturated heterocycles. The number of thiophene rings is 1. The lowest BCUT2D eigenvalue weighted by Crippen LogP contribution is -2.55. The zero-order valence-corrected chi connectivity index (χ0v) is 32.2. The number of hydrogen-bond donors (Lipinski definition) is 0. The highest BCUT2D eigenvalue weighted by molar-refractivity contribution is 7.26. The van der Waals surface area contributed by atoms with Gasteiger partial charge in [-0.15, -0.1) is 27.7 Å². The third-order valence-electron chi connectivity index (χ3n) is 11.5. The molecule has 10 heteroatoms. The monoisotopic (exact) mass is 717 g/mol. The maximum absolute atomic E-state index is 6.40. The Morgan fingerprint density at radius 3 is 1.65 bits per heavy atom. The van der Waals surface area contributed by atoms with E-state index in [1.807, 2.05) is 35.6 Å². The fourth-order valence-electron chi connectivity index (χ4n) is 8.16. The minimum Gasteiger partial charge on any atom is -0.456 e. The maximum atomic E-state index is 6.40. The molecule has 55 heavy (non-hydrogen) atoms.